The molecule has 0 aliphatic carbocycles. The van der Waals surface area contributed by atoms with Crippen molar-refractivity contribution in [3.8, 4) is 11.1 Å². The molecule has 2 amide bonds. The Hall–Kier alpha value is -4.10. The summed E-state index contributed by atoms with van der Waals surface area (Å²) >= 11 is 7.05. The lowest BCUT2D eigenvalue weighted by Gasteiger charge is -2.10. The molecule has 5 heterocycles. The van der Waals surface area contributed by atoms with Crippen molar-refractivity contribution in [3.63, 3.8) is 0 Å². The second-order valence-corrected chi connectivity index (χ2v) is 10.5. The minimum absolute atomic E-state index is 0.0342. The molecule has 10 nitrogen and oxygen atoms in total. The molecule has 0 atom stereocenters. The van der Waals surface area contributed by atoms with Gasteiger partial charge in [0.1, 0.15) is 21.2 Å². The van der Waals surface area contributed by atoms with Crippen LogP contribution in [0.25, 0.3) is 21.3 Å². The Balaban J connectivity index is 1.57. The van der Waals surface area contributed by atoms with Gasteiger partial charge in [-0.05, 0) is 51.5 Å². The van der Waals surface area contributed by atoms with Crippen LogP contribution >= 0.6 is 22.9 Å². The van der Waals surface area contributed by atoms with E-state index in [9.17, 15) is 18.4 Å². The van der Waals surface area contributed by atoms with Gasteiger partial charge >= 0.3 is 0 Å². The number of hydrogen-bond donors (Lipinski definition) is 2. The van der Waals surface area contributed by atoms with Crippen LogP contribution in [0.1, 0.15) is 62.1 Å². The average molecular weight is 588 g/mol. The van der Waals surface area contributed by atoms with Crippen LogP contribution in [0, 0.1) is 20.8 Å². The number of rotatable bonds is 8. The van der Waals surface area contributed by atoms with E-state index in [1.54, 1.807) is 35.5 Å². The first-order chi connectivity index (χ1) is 19.0. The van der Waals surface area contributed by atoms with E-state index in [-0.39, 0.29) is 27.7 Å². The summed E-state index contributed by atoms with van der Waals surface area (Å²) in [7, 11) is 0. The van der Waals surface area contributed by atoms with E-state index in [0.717, 1.165) is 17.0 Å². The van der Waals surface area contributed by atoms with Gasteiger partial charge in [-0.1, -0.05) is 11.6 Å². The summed E-state index contributed by atoms with van der Waals surface area (Å²) in [5.41, 5.74) is 8.14. The van der Waals surface area contributed by atoms with E-state index < -0.39 is 23.9 Å². The fraction of sp³-hybridized carbons (Fsp3) is 0.269. The Labute approximate surface area is 235 Å². The van der Waals surface area contributed by atoms with Crippen LogP contribution in [0.4, 0.5) is 14.5 Å². The lowest BCUT2D eigenvalue weighted by molar-refractivity contribution is 0.0994. The van der Waals surface area contributed by atoms with Crippen LogP contribution in [0.2, 0.25) is 5.02 Å². The quantitative estimate of drug-likeness (QED) is 0.233. The van der Waals surface area contributed by atoms with E-state index in [1.807, 2.05) is 13.8 Å². The molecule has 0 radical (unpaired) electrons. The summed E-state index contributed by atoms with van der Waals surface area (Å²) in [5, 5.41) is 12.3. The van der Waals surface area contributed by atoms with Gasteiger partial charge in [-0.2, -0.15) is 10.2 Å². The monoisotopic (exact) mass is 587 g/mol. The molecular formula is C26H24ClF2N7O3S. The largest absolute Gasteiger partial charge is 0.454 e. The summed E-state index contributed by atoms with van der Waals surface area (Å²) in [5.74, 6) is -1.09. The van der Waals surface area contributed by atoms with Crippen LogP contribution in [-0.4, -0.2) is 36.4 Å². The molecule has 0 aliphatic heterocycles. The molecule has 5 aromatic heterocycles. The molecule has 5 rings (SSSR count). The number of nitrogens with zero attached hydrogens (tertiary/aromatic N) is 5. The second kappa shape index (κ2) is 10.5. The van der Waals surface area contributed by atoms with Crippen molar-refractivity contribution in [2.24, 2.45) is 5.73 Å². The van der Waals surface area contributed by atoms with Crippen LogP contribution < -0.4 is 11.1 Å². The summed E-state index contributed by atoms with van der Waals surface area (Å²) < 4.78 is 36.7. The molecule has 5 aromatic rings. The molecule has 14 heteroatoms. The number of amides is 2. The first-order valence-electron chi connectivity index (χ1n) is 12.2. The maximum atomic E-state index is 13.8. The number of pyridine rings is 1. The number of furan rings is 1. The van der Waals surface area contributed by atoms with Crippen molar-refractivity contribution < 1.29 is 22.8 Å². The summed E-state index contributed by atoms with van der Waals surface area (Å²) in [6, 6.07) is 4.36. The first kappa shape index (κ1) is 27.5. The lowest BCUT2D eigenvalue weighted by atomic mass is 10.0. The number of carbonyl (C=O) groups is 2. The Morgan fingerprint density at radius 1 is 1.18 bits per heavy atom. The SMILES string of the molecule is CCn1cc(-c2cc(C(F)F)nc3sc(C(N)=O)c(NC(=O)c4ccc(Cn5nc(C)c(Cl)c5C)o4)c23)c(C)n1. The van der Waals surface area contributed by atoms with Gasteiger partial charge in [0, 0.05) is 23.7 Å². The van der Waals surface area contributed by atoms with Gasteiger partial charge in [-0.3, -0.25) is 19.0 Å². The molecule has 3 N–H and O–H groups in total. The first-order valence-corrected chi connectivity index (χ1v) is 13.4. The molecule has 0 saturated carbocycles. The van der Waals surface area contributed by atoms with Gasteiger partial charge in [0.25, 0.3) is 18.2 Å². The van der Waals surface area contributed by atoms with Crippen molar-refractivity contribution in [1.82, 2.24) is 24.5 Å². The summed E-state index contributed by atoms with van der Waals surface area (Å²) in [6.45, 7) is 8.05. The fourth-order valence-electron chi connectivity index (χ4n) is 4.42. The van der Waals surface area contributed by atoms with Gasteiger partial charge in [-0.15, -0.1) is 11.3 Å². The predicted molar refractivity (Wildman–Crippen MR) is 147 cm³/mol. The topological polar surface area (TPSA) is 134 Å². The van der Waals surface area contributed by atoms with Gasteiger partial charge in [0.15, 0.2) is 5.76 Å². The van der Waals surface area contributed by atoms with Crippen LogP contribution in [0.3, 0.4) is 0 Å². The van der Waals surface area contributed by atoms with Gasteiger partial charge in [0.2, 0.25) is 0 Å². The highest BCUT2D eigenvalue weighted by Gasteiger charge is 2.27. The fourth-order valence-corrected chi connectivity index (χ4v) is 5.56. The minimum atomic E-state index is -2.86. The third kappa shape index (κ3) is 4.86. The van der Waals surface area contributed by atoms with E-state index in [0.29, 0.717) is 45.2 Å². The van der Waals surface area contributed by atoms with Gasteiger partial charge < -0.3 is 15.5 Å². The van der Waals surface area contributed by atoms with E-state index in [4.69, 9.17) is 21.8 Å². The molecule has 0 saturated heterocycles. The molecule has 0 bridgehead atoms. The maximum absolute atomic E-state index is 13.8. The number of carbonyl (C=O) groups excluding carboxylic acids is 2. The highest BCUT2D eigenvalue weighted by molar-refractivity contribution is 7.21. The van der Waals surface area contributed by atoms with E-state index >= 15 is 0 Å². The number of aryl methyl sites for hydroxylation is 3. The Morgan fingerprint density at radius 2 is 1.93 bits per heavy atom. The van der Waals surface area contributed by atoms with Gasteiger partial charge in [-0.25, -0.2) is 13.8 Å². The number of hydrogen-bond acceptors (Lipinski definition) is 7. The normalized spacial score (nSPS) is 11.6. The Bertz CT molecular complexity index is 1790. The number of nitrogens with two attached hydrogens (primary N) is 1. The number of primary amides is 1. The molecule has 0 unspecified atom stereocenters. The molecule has 0 fully saturated rings. The molecule has 40 heavy (non-hydrogen) atoms. The highest BCUT2D eigenvalue weighted by Crippen LogP contribution is 2.43. The lowest BCUT2D eigenvalue weighted by Crippen LogP contribution is -2.16. The Kier molecular flexibility index (Phi) is 7.19. The number of nitrogens with one attached hydrogen (secondary N) is 1. The number of aromatic nitrogens is 5. The van der Waals surface area contributed by atoms with Crippen molar-refractivity contribution >= 4 is 50.7 Å². The molecule has 208 valence electrons. The number of alkyl halides is 2. The van der Waals surface area contributed by atoms with Crippen molar-refractivity contribution in [2.45, 2.75) is 47.2 Å². The van der Waals surface area contributed by atoms with Crippen molar-refractivity contribution in [3.05, 3.63) is 68.6 Å². The van der Waals surface area contributed by atoms with Crippen LogP contribution in [-0.2, 0) is 13.1 Å². The number of fused-ring (bicyclic) bond motifs is 1. The van der Waals surface area contributed by atoms with Crippen molar-refractivity contribution in [1.29, 1.82) is 0 Å². The van der Waals surface area contributed by atoms with Crippen molar-refractivity contribution in [2.75, 3.05) is 5.32 Å². The van der Waals surface area contributed by atoms with Crippen LogP contribution in [0.5, 0.6) is 0 Å². The minimum Gasteiger partial charge on any atom is -0.454 e. The standard InChI is InChI=1S/C26H24ClF2N7O3S/c1-5-35-10-16(11(2)33-35)15-8-17(23(28)29)31-26-19(15)21(22(40-26)24(30)37)32-25(38)18-7-6-14(39-18)9-36-13(4)20(27)12(3)34-36/h6-8,10,23H,5,9H2,1-4H3,(H2,30,37)(H,32,38). The second-order valence-electron chi connectivity index (χ2n) is 9.09. The zero-order chi connectivity index (χ0) is 28.9. The smallest absolute Gasteiger partial charge is 0.291 e. The van der Waals surface area contributed by atoms with E-state index in [2.05, 4.69) is 20.5 Å². The van der Waals surface area contributed by atoms with Gasteiger partial charge in [0.05, 0.1) is 34.3 Å². The average Bonchev–Trinajstić information content (AvgIpc) is 3.67. The number of halogens is 3. The third-order valence-corrected chi connectivity index (χ3v) is 8.06. The predicted octanol–water partition coefficient (Wildman–Crippen LogP) is 5.88. The summed E-state index contributed by atoms with van der Waals surface area (Å²) in [4.78, 5) is 29.9. The molecule has 0 aliphatic rings. The van der Waals surface area contributed by atoms with E-state index in [1.165, 1.54) is 12.1 Å². The number of thiophene rings is 1. The highest BCUT2D eigenvalue weighted by atomic mass is 35.5. The van der Waals surface area contributed by atoms with Crippen LogP contribution in [0.15, 0.2) is 28.8 Å². The zero-order valence-electron chi connectivity index (χ0n) is 21.9. The summed E-state index contributed by atoms with van der Waals surface area (Å²) in [6.07, 6.45) is -1.14. The number of anilines is 1. The molecule has 0 spiro atoms. The third-order valence-electron chi connectivity index (χ3n) is 6.41. The maximum Gasteiger partial charge on any atom is 0.291 e. The zero-order valence-corrected chi connectivity index (χ0v) is 23.5. The molecule has 0 aromatic carbocycles. The molecular weight excluding hydrogens is 564 g/mol. The Morgan fingerprint density at radius 3 is 2.52 bits per heavy atom.